The molecule has 4 heteroatoms. The summed E-state index contributed by atoms with van der Waals surface area (Å²) in [6.07, 6.45) is 2.45. The van der Waals surface area contributed by atoms with Crippen LogP contribution in [-0.2, 0) is 0 Å². The highest BCUT2D eigenvalue weighted by atomic mass is 15.4. The molecule has 0 fully saturated rings. The highest BCUT2D eigenvalue weighted by molar-refractivity contribution is 5.69. The van der Waals surface area contributed by atoms with E-state index in [0.29, 0.717) is 4.48 Å². The monoisotopic (exact) mass is 209 g/mol. The molecule has 1 aromatic heterocycles. The number of H-pyrrole nitrogens is 1. The predicted molar refractivity (Wildman–Crippen MR) is 64.7 cm³/mol. The van der Waals surface area contributed by atoms with Crippen molar-refractivity contribution >= 4 is 12.0 Å². The Balaban J connectivity index is 3.26. The van der Waals surface area contributed by atoms with Crippen molar-refractivity contribution in [3.05, 3.63) is 11.3 Å². The molecule has 1 heterocycles. The molecule has 2 N–H and O–H groups in total. The molecule has 0 bridgehead atoms. The van der Waals surface area contributed by atoms with Gasteiger partial charge < -0.3 is 5.41 Å². The molecule has 1 rings (SSSR count). The van der Waals surface area contributed by atoms with Crippen LogP contribution in [0.4, 0.5) is 5.82 Å². The zero-order valence-electron chi connectivity index (χ0n) is 10.3. The second-order valence-corrected chi connectivity index (χ2v) is 4.78. The first kappa shape index (κ1) is 11.9. The summed E-state index contributed by atoms with van der Waals surface area (Å²) in [6, 6.07) is 0. The Labute approximate surface area is 91.4 Å². The maximum Gasteiger partial charge on any atom is 0.249 e. The first-order chi connectivity index (χ1) is 6.91. The average molecular weight is 209 g/mol. The number of nitrogens with one attached hydrogen (secondary N) is 2. The van der Waals surface area contributed by atoms with Crippen molar-refractivity contribution in [3.8, 4) is 0 Å². The Morgan fingerprint density at radius 1 is 1.47 bits per heavy atom. The SMILES string of the molecule is CC[C@@H](C=N)c1c([N+](C)(C)C)n[nH]c1C. The topological polar surface area (TPSA) is 52.5 Å². The van der Waals surface area contributed by atoms with Gasteiger partial charge in [-0.2, -0.15) is 0 Å². The molecule has 1 aromatic rings. The van der Waals surface area contributed by atoms with Gasteiger partial charge in [0.25, 0.3) is 0 Å². The van der Waals surface area contributed by atoms with Gasteiger partial charge in [-0.15, -0.1) is 5.10 Å². The van der Waals surface area contributed by atoms with Gasteiger partial charge in [0.15, 0.2) is 0 Å². The summed E-state index contributed by atoms with van der Waals surface area (Å²) in [4.78, 5) is 0. The largest absolute Gasteiger partial charge is 0.312 e. The molecule has 0 amide bonds. The van der Waals surface area contributed by atoms with Crippen LogP contribution in [0, 0.1) is 12.3 Å². The predicted octanol–water partition coefficient (Wildman–Crippen LogP) is 2.06. The molecule has 84 valence electrons. The summed E-state index contributed by atoms with van der Waals surface area (Å²) < 4.78 is 0.685. The lowest BCUT2D eigenvalue weighted by Crippen LogP contribution is -2.36. The van der Waals surface area contributed by atoms with Crippen molar-refractivity contribution < 1.29 is 0 Å². The van der Waals surface area contributed by atoms with Crippen LogP contribution < -0.4 is 4.48 Å². The van der Waals surface area contributed by atoms with Gasteiger partial charge in [-0.25, -0.2) is 0 Å². The molecule has 0 radical (unpaired) electrons. The third kappa shape index (κ3) is 2.26. The molecule has 0 aliphatic carbocycles. The van der Waals surface area contributed by atoms with Crippen LogP contribution >= 0.6 is 0 Å². The van der Waals surface area contributed by atoms with E-state index >= 15 is 0 Å². The number of hydrogen-bond acceptors (Lipinski definition) is 2. The van der Waals surface area contributed by atoms with Crippen LogP contribution in [0.15, 0.2) is 0 Å². The molecule has 0 saturated carbocycles. The molecule has 0 saturated heterocycles. The number of rotatable bonds is 4. The first-order valence-electron chi connectivity index (χ1n) is 5.29. The standard InChI is InChI=1S/C11H21N4/c1-6-9(7-12)10-8(2)13-14-11(10)15(3,4)5/h7,9,12H,6H2,1-5H3,(H,13,14)/q+1/t9-/m0/s1. The summed E-state index contributed by atoms with van der Waals surface area (Å²) in [5, 5.41) is 14.8. The highest BCUT2D eigenvalue weighted by Crippen LogP contribution is 2.30. The van der Waals surface area contributed by atoms with Crippen LogP contribution in [0.25, 0.3) is 0 Å². The van der Waals surface area contributed by atoms with Crippen molar-refractivity contribution in [1.29, 1.82) is 5.41 Å². The van der Waals surface area contributed by atoms with Crippen LogP contribution in [0.5, 0.6) is 0 Å². The normalized spacial score (nSPS) is 13.9. The molecule has 0 spiro atoms. The minimum atomic E-state index is 0.177. The van der Waals surface area contributed by atoms with Crippen LogP contribution in [0.2, 0.25) is 0 Å². The third-order valence-corrected chi connectivity index (χ3v) is 2.62. The number of nitrogens with zero attached hydrogens (tertiary/aromatic N) is 2. The first-order valence-corrected chi connectivity index (χ1v) is 5.29. The van der Waals surface area contributed by atoms with Crippen molar-refractivity contribution in [2.75, 3.05) is 21.1 Å². The highest BCUT2D eigenvalue weighted by Gasteiger charge is 2.27. The van der Waals surface area contributed by atoms with Gasteiger partial charge in [0, 0.05) is 17.8 Å². The minimum Gasteiger partial charge on any atom is -0.312 e. The number of aromatic amines is 1. The van der Waals surface area contributed by atoms with Crippen LogP contribution in [-0.4, -0.2) is 37.6 Å². The number of aryl methyl sites for hydroxylation is 1. The van der Waals surface area contributed by atoms with Gasteiger partial charge in [-0.3, -0.25) is 9.58 Å². The maximum absolute atomic E-state index is 7.46. The average Bonchev–Trinajstić information content (AvgIpc) is 2.50. The number of hydrogen-bond donors (Lipinski definition) is 2. The van der Waals surface area contributed by atoms with Gasteiger partial charge in [0.2, 0.25) is 5.82 Å². The van der Waals surface area contributed by atoms with Crippen molar-refractivity contribution in [1.82, 2.24) is 14.7 Å². The second-order valence-electron chi connectivity index (χ2n) is 4.78. The summed E-state index contributed by atoms with van der Waals surface area (Å²) in [7, 11) is 6.28. The Bertz CT molecular complexity index is 346. The molecule has 15 heavy (non-hydrogen) atoms. The van der Waals surface area contributed by atoms with E-state index in [9.17, 15) is 0 Å². The molecular formula is C11H21N4+. The van der Waals surface area contributed by atoms with E-state index < -0.39 is 0 Å². The quantitative estimate of drug-likeness (QED) is 0.579. The lowest BCUT2D eigenvalue weighted by Gasteiger charge is -2.23. The minimum absolute atomic E-state index is 0.177. The Kier molecular flexibility index (Phi) is 3.29. The van der Waals surface area contributed by atoms with E-state index in [1.54, 1.807) is 0 Å². The van der Waals surface area contributed by atoms with E-state index in [1.165, 1.54) is 11.8 Å². The fraction of sp³-hybridized carbons (Fsp3) is 0.636. The summed E-state index contributed by atoms with van der Waals surface area (Å²) in [6.45, 7) is 4.12. The van der Waals surface area contributed by atoms with Crippen LogP contribution in [0.1, 0.15) is 30.5 Å². The van der Waals surface area contributed by atoms with E-state index in [2.05, 4.69) is 38.3 Å². The Hall–Kier alpha value is -1.16. The molecule has 4 nitrogen and oxygen atoms in total. The molecular weight excluding hydrogens is 188 g/mol. The van der Waals surface area contributed by atoms with E-state index in [4.69, 9.17) is 5.41 Å². The summed E-state index contributed by atoms with van der Waals surface area (Å²) >= 11 is 0. The zero-order chi connectivity index (χ0) is 11.6. The maximum atomic E-state index is 7.46. The van der Waals surface area contributed by atoms with Gasteiger partial charge in [-0.1, -0.05) is 6.92 Å². The van der Waals surface area contributed by atoms with Gasteiger partial charge in [-0.05, 0) is 13.3 Å². The molecule has 0 aliphatic rings. The Morgan fingerprint density at radius 2 is 2.07 bits per heavy atom. The fourth-order valence-corrected chi connectivity index (χ4v) is 1.79. The van der Waals surface area contributed by atoms with Gasteiger partial charge in [0.1, 0.15) is 0 Å². The summed E-state index contributed by atoms with van der Waals surface area (Å²) in [5.74, 6) is 1.21. The van der Waals surface area contributed by atoms with Crippen molar-refractivity contribution in [2.45, 2.75) is 26.2 Å². The van der Waals surface area contributed by atoms with E-state index in [0.717, 1.165) is 17.9 Å². The molecule has 0 aliphatic heterocycles. The van der Waals surface area contributed by atoms with Crippen molar-refractivity contribution in [3.63, 3.8) is 0 Å². The van der Waals surface area contributed by atoms with E-state index in [1.807, 2.05) is 6.92 Å². The number of aromatic nitrogens is 2. The summed E-state index contributed by atoms with van der Waals surface area (Å²) in [5.41, 5.74) is 2.26. The van der Waals surface area contributed by atoms with Gasteiger partial charge in [0.05, 0.1) is 26.7 Å². The smallest absolute Gasteiger partial charge is 0.249 e. The molecule has 0 aromatic carbocycles. The lowest BCUT2D eigenvalue weighted by atomic mass is 9.97. The molecule has 0 unspecified atom stereocenters. The Morgan fingerprint density at radius 3 is 2.47 bits per heavy atom. The third-order valence-electron chi connectivity index (χ3n) is 2.62. The fourth-order valence-electron chi connectivity index (χ4n) is 1.79. The number of quaternary nitrogens is 1. The van der Waals surface area contributed by atoms with Crippen molar-refractivity contribution in [2.24, 2.45) is 0 Å². The van der Waals surface area contributed by atoms with Crippen LogP contribution in [0.3, 0.4) is 0 Å². The second kappa shape index (κ2) is 4.14. The van der Waals surface area contributed by atoms with Gasteiger partial charge >= 0.3 is 0 Å². The zero-order valence-corrected chi connectivity index (χ0v) is 10.3. The molecule has 1 atom stereocenters. The lowest BCUT2D eigenvalue weighted by molar-refractivity contribution is 0.467. The van der Waals surface area contributed by atoms with E-state index in [-0.39, 0.29) is 5.92 Å².